The van der Waals surface area contributed by atoms with Gasteiger partial charge in [0.15, 0.2) is 0 Å². The Labute approximate surface area is 155 Å². The molecule has 3 aromatic rings. The van der Waals surface area contributed by atoms with Crippen molar-refractivity contribution in [1.29, 1.82) is 0 Å². The average Bonchev–Trinajstić information content (AvgIpc) is 3.06. The van der Waals surface area contributed by atoms with Crippen molar-refractivity contribution in [3.05, 3.63) is 88.0 Å². The van der Waals surface area contributed by atoms with E-state index in [9.17, 15) is 9.18 Å². The first-order valence-electron chi connectivity index (χ1n) is 8.33. The molecular formula is C20H17ClFN3O. The molecule has 4 nitrogen and oxygen atoms in total. The highest BCUT2D eigenvalue weighted by Gasteiger charge is 2.30. The van der Waals surface area contributed by atoms with Crippen LogP contribution in [0.5, 0.6) is 0 Å². The Balaban J connectivity index is 1.72. The number of aryl methyl sites for hydroxylation is 1. The maximum atomic E-state index is 13.3. The van der Waals surface area contributed by atoms with Gasteiger partial charge in [-0.3, -0.25) is 9.48 Å². The summed E-state index contributed by atoms with van der Waals surface area (Å²) in [6.45, 7) is 1.02. The number of benzene rings is 2. The summed E-state index contributed by atoms with van der Waals surface area (Å²) in [5.74, 6) is -0.612. The lowest BCUT2D eigenvalue weighted by Crippen LogP contribution is -2.38. The molecule has 26 heavy (non-hydrogen) atoms. The van der Waals surface area contributed by atoms with E-state index in [-0.39, 0.29) is 16.8 Å². The van der Waals surface area contributed by atoms with Crippen molar-refractivity contribution in [2.45, 2.75) is 12.5 Å². The summed E-state index contributed by atoms with van der Waals surface area (Å²) in [7, 11) is 1.87. The maximum absolute atomic E-state index is 13.3. The summed E-state index contributed by atoms with van der Waals surface area (Å²) < 4.78 is 15.1. The van der Waals surface area contributed by atoms with Crippen LogP contribution in [-0.2, 0) is 13.6 Å². The van der Waals surface area contributed by atoms with Crippen LogP contribution in [0.15, 0.2) is 54.9 Å². The van der Waals surface area contributed by atoms with Gasteiger partial charge < -0.3 is 4.90 Å². The van der Waals surface area contributed by atoms with E-state index < -0.39 is 5.82 Å². The molecule has 132 valence electrons. The molecule has 2 aromatic carbocycles. The van der Waals surface area contributed by atoms with Crippen molar-refractivity contribution in [3.63, 3.8) is 0 Å². The van der Waals surface area contributed by atoms with E-state index in [4.69, 9.17) is 11.6 Å². The molecule has 0 saturated carbocycles. The number of halogens is 2. The zero-order chi connectivity index (χ0) is 18.3. The van der Waals surface area contributed by atoms with Gasteiger partial charge >= 0.3 is 0 Å². The van der Waals surface area contributed by atoms with Crippen LogP contribution in [0.1, 0.15) is 33.0 Å². The van der Waals surface area contributed by atoms with E-state index in [2.05, 4.69) is 11.2 Å². The first-order valence-corrected chi connectivity index (χ1v) is 8.71. The summed E-state index contributed by atoms with van der Waals surface area (Å²) in [5, 5.41) is 4.40. The molecule has 1 atom stereocenters. The van der Waals surface area contributed by atoms with Crippen LogP contribution in [0, 0.1) is 5.82 Å². The predicted molar refractivity (Wildman–Crippen MR) is 97.6 cm³/mol. The van der Waals surface area contributed by atoms with Gasteiger partial charge in [-0.15, -0.1) is 0 Å². The molecular weight excluding hydrogens is 353 g/mol. The van der Waals surface area contributed by atoms with Crippen molar-refractivity contribution in [1.82, 2.24) is 14.7 Å². The molecule has 1 aliphatic rings. The fourth-order valence-electron chi connectivity index (χ4n) is 3.50. The van der Waals surface area contributed by atoms with Gasteiger partial charge in [0.1, 0.15) is 5.82 Å². The van der Waals surface area contributed by atoms with Gasteiger partial charge in [-0.1, -0.05) is 35.9 Å². The van der Waals surface area contributed by atoms with E-state index in [1.54, 1.807) is 9.58 Å². The molecule has 1 aromatic heterocycles. The second-order valence-corrected chi connectivity index (χ2v) is 6.92. The minimum absolute atomic E-state index is 0.0387. The standard InChI is InChI=1S/C20H17ClFN3O/c1-24-10-14(9-23-24)18-12-25(11-13-4-2-3-5-16(13)18)20(26)17-7-6-15(22)8-19(17)21/h2-10,18H,11-12H2,1H3. The maximum Gasteiger partial charge on any atom is 0.255 e. The van der Waals surface area contributed by atoms with Crippen LogP contribution in [0.25, 0.3) is 0 Å². The normalized spacial score (nSPS) is 16.4. The lowest BCUT2D eigenvalue weighted by molar-refractivity contribution is 0.0725. The molecule has 0 bridgehead atoms. The SMILES string of the molecule is Cn1cc(C2CN(C(=O)c3ccc(F)cc3Cl)Cc3ccccc32)cn1. The van der Waals surface area contributed by atoms with E-state index in [1.165, 1.54) is 23.8 Å². The quantitative estimate of drug-likeness (QED) is 0.684. The largest absolute Gasteiger partial charge is 0.333 e. The highest BCUT2D eigenvalue weighted by Crippen LogP contribution is 2.34. The Hall–Kier alpha value is -2.66. The molecule has 0 saturated heterocycles. The Kier molecular flexibility index (Phi) is 4.24. The van der Waals surface area contributed by atoms with Crippen LogP contribution in [0.2, 0.25) is 5.02 Å². The van der Waals surface area contributed by atoms with Crippen molar-refractivity contribution in [3.8, 4) is 0 Å². The Morgan fingerprint density at radius 2 is 2.08 bits per heavy atom. The summed E-state index contributed by atoms with van der Waals surface area (Å²) in [4.78, 5) is 14.8. The van der Waals surface area contributed by atoms with E-state index in [0.717, 1.165) is 11.1 Å². The van der Waals surface area contributed by atoms with Gasteiger partial charge in [0, 0.05) is 32.3 Å². The van der Waals surface area contributed by atoms with Crippen molar-refractivity contribution < 1.29 is 9.18 Å². The van der Waals surface area contributed by atoms with E-state index in [1.807, 2.05) is 37.6 Å². The van der Waals surface area contributed by atoms with Gasteiger partial charge in [0.25, 0.3) is 5.91 Å². The lowest BCUT2D eigenvalue weighted by Gasteiger charge is -2.34. The molecule has 0 aliphatic carbocycles. The van der Waals surface area contributed by atoms with Crippen LogP contribution < -0.4 is 0 Å². The molecule has 2 heterocycles. The van der Waals surface area contributed by atoms with Crippen molar-refractivity contribution >= 4 is 17.5 Å². The van der Waals surface area contributed by atoms with Crippen LogP contribution in [0.3, 0.4) is 0 Å². The fraction of sp³-hybridized carbons (Fsp3) is 0.200. The molecule has 0 radical (unpaired) electrons. The van der Waals surface area contributed by atoms with E-state index >= 15 is 0 Å². The van der Waals surface area contributed by atoms with E-state index in [0.29, 0.717) is 18.7 Å². The third kappa shape index (κ3) is 2.99. The molecule has 0 spiro atoms. The smallest absolute Gasteiger partial charge is 0.255 e. The molecule has 1 amide bonds. The third-order valence-electron chi connectivity index (χ3n) is 4.77. The van der Waals surface area contributed by atoms with Gasteiger partial charge in [-0.2, -0.15) is 5.10 Å². The zero-order valence-corrected chi connectivity index (χ0v) is 14.9. The Bertz CT molecular complexity index is 985. The number of hydrogen-bond acceptors (Lipinski definition) is 2. The minimum atomic E-state index is -0.455. The second kappa shape index (κ2) is 6.57. The third-order valence-corrected chi connectivity index (χ3v) is 5.08. The number of hydrogen-bond donors (Lipinski definition) is 0. The topological polar surface area (TPSA) is 38.1 Å². The van der Waals surface area contributed by atoms with Gasteiger partial charge in [-0.05, 0) is 34.9 Å². The minimum Gasteiger partial charge on any atom is -0.333 e. The second-order valence-electron chi connectivity index (χ2n) is 6.51. The molecule has 0 N–H and O–H groups in total. The molecule has 4 rings (SSSR count). The number of carbonyl (C=O) groups is 1. The summed E-state index contributed by atoms with van der Waals surface area (Å²) >= 11 is 6.10. The number of nitrogens with zero attached hydrogens (tertiary/aromatic N) is 3. The number of aromatic nitrogens is 2. The first kappa shape index (κ1) is 16.8. The molecule has 0 fully saturated rings. The molecule has 6 heteroatoms. The van der Waals surface area contributed by atoms with Gasteiger partial charge in [-0.25, -0.2) is 4.39 Å². The van der Waals surface area contributed by atoms with Crippen LogP contribution in [-0.4, -0.2) is 27.1 Å². The number of amides is 1. The lowest BCUT2D eigenvalue weighted by atomic mass is 9.86. The predicted octanol–water partition coefficient (Wildman–Crippen LogP) is 4.00. The Morgan fingerprint density at radius 1 is 1.27 bits per heavy atom. The highest BCUT2D eigenvalue weighted by atomic mass is 35.5. The fourth-order valence-corrected chi connectivity index (χ4v) is 3.75. The molecule has 1 aliphatic heterocycles. The van der Waals surface area contributed by atoms with Crippen molar-refractivity contribution in [2.24, 2.45) is 7.05 Å². The number of fused-ring (bicyclic) bond motifs is 1. The Morgan fingerprint density at radius 3 is 2.81 bits per heavy atom. The number of rotatable bonds is 2. The summed E-state index contributed by atoms with van der Waals surface area (Å²) in [6, 6.07) is 12.0. The monoisotopic (exact) mass is 369 g/mol. The van der Waals surface area contributed by atoms with Crippen molar-refractivity contribution in [2.75, 3.05) is 6.54 Å². The summed E-state index contributed by atoms with van der Waals surface area (Å²) in [6.07, 6.45) is 3.81. The average molecular weight is 370 g/mol. The van der Waals surface area contributed by atoms with Gasteiger partial charge in [0.2, 0.25) is 0 Å². The summed E-state index contributed by atoms with van der Waals surface area (Å²) in [5.41, 5.74) is 3.67. The van der Waals surface area contributed by atoms with Crippen LogP contribution in [0.4, 0.5) is 4.39 Å². The zero-order valence-electron chi connectivity index (χ0n) is 14.2. The van der Waals surface area contributed by atoms with Crippen LogP contribution >= 0.6 is 11.6 Å². The number of carbonyl (C=O) groups excluding carboxylic acids is 1. The van der Waals surface area contributed by atoms with Gasteiger partial charge in [0.05, 0.1) is 16.8 Å². The molecule has 1 unspecified atom stereocenters. The highest BCUT2D eigenvalue weighted by molar-refractivity contribution is 6.33. The first-order chi connectivity index (χ1) is 12.5.